The number of nitrogens with zero attached hydrogens (tertiary/aromatic N) is 2. The number of para-hydroxylation sites is 2. The number of fused-ring (bicyclic) bond motifs is 1. The van der Waals surface area contributed by atoms with Crippen molar-refractivity contribution < 1.29 is 4.79 Å². The Kier molecular flexibility index (Phi) is 5.90. The van der Waals surface area contributed by atoms with Crippen LogP contribution >= 0.6 is 0 Å². The highest BCUT2D eigenvalue weighted by atomic mass is 16.1. The number of amides is 1. The average Bonchev–Trinajstić information content (AvgIpc) is 2.96. The lowest BCUT2D eigenvalue weighted by atomic mass is 9.89. The summed E-state index contributed by atoms with van der Waals surface area (Å²) >= 11 is 0. The van der Waals surface area contributed by atoms with Gasteiger partial charge in [-0.25, -0.2) is 4.98 Å². The summed E-state index contributed by atoms with van der Waals surface area (Å²) in [6.07, 6.45) is 7.57. The monoisotopic (exact) mass is 339 g/mol. The molecular weight excluding hydrogens is 310 g/mol. The molecule has 0 bridgehead atoms. The third-order valence-electron chi connectivity index (χ3n) is 5.01. The zero-order valence-corrected chi connectivity index (χ0v) is 15.3. The topological polar surface area (TPSA) is 46.9 Å². The second-order valence-electron chi connectivity index (χ2n) is 7.29. The van der Waals surface area contributed by atoms with E-state index < -0.39 is 0 Å². The molecule has 1 fully saturated rings. The van der Waals surface area contributed by atoms with E-state index in [2.05, 4.69) is 28.6 Å². The Labute approximate surface area is 150 Å². The SMILES string of the molecule is C=C(C)Cn1c(CCCNC(=O)C2CCCCC2)nc2ccccc21. The zero-order valence-electron chi connectivity index (χ0n) is 15.3. The molecule has 4 heteroatoms. The molecular formula is C21H29N3O. The van der Waals surface area contributed by atoms with Crippen LogP contribution in [0.4, 0.5) is 0 Å². The van der Waals surface area contributed by atoms with Crippen LogP contribution in [0.3, 0.4) is 0 Å². The fraction of sp³-hybridized carbons (Fsp3) is 0.524. The smallest absolute Gasteiger partial charge is 0.223 e. The Balaban J connectivity index is 1.57. The quantitative estimate of drug-likeness (QED) is 0.606. The number of carbonyl (C=O) groups excluding carboxylic acids is 1. The van der Waals surface area contributed by atoms with E-state index >= 15 is 0 Å². The molecule has 1 N–H and O–H groups in total. The summed E-state index contributed by atoms with van der Waals surface area (Å²) in [5.41, 5.74) is 3.31. The first kappa shape index (κ1) is 17.7. The predicted octanol–water partition coefficient (Wildman–Crippen LogP) is 4.24. The molecule has 1 aromatic carbocycles. The van der Waals surface area contributed by atoms with E-state index in [1.54, 1.807) is 0 Å². The van der Waals surface area contributed by atoms with E-state index in [1.807, 2.05) is 19.1 Å². The van der Waals surface area contributed by atoms with Crippen LogP contribution in [-0.4, -0.2) is 22.0 Å². The van der Waals surface area contributed by atoms with Gasteiger partial charge in [-0.1, -0.05) is 43.5 Å². The van der Waals surface area contributed by atoms with Gasteiger partial charge < -0.3 is 9.88 Å². The number of rotatable bonds is 7. The van der Waals surface area contributed by atoms with Gasteiger partial charge in [0.15, 0.2) is 0 Å². The molecule has 0 unspecified atom stereocenters. The molecule has 0 aliphatic heterocycles. The van der Waals surface area contributed by atoms with Gasteiger partial charge in [-0.2, -0.15) is 0 Å². The number of nitrogens with one attached hydrogen (secondary N) is 1. The average molecular weight is 339 g/mol. The predicted molar refractivity (Wildman–Crippen MR) is 102 cm³/mol. The Morgan fingerprint density at radius 2 is 2.04 bits per heavy atom. The summed E-state index contributed by atoms with van der Waals surface area (Å²) in [5, 5.41) is 3.12. The molecule has 1 heterocycles. The van der Waals surface area contributed by atoms with Crippen molar-refractivity contribution in [2.45, 2.75) is 58.4 Å². The maximum absolute atomic E-state index is 12.2. The summed E-state index contributed by atoms with van der Waals surface area (Å²) in [6.45, 7) is 7.61. The minimum absolute atomic E-state index is 0.238. The third kappa shape index (κ3) is 4.50. The standard InChI is InChI=1S/C21H29N3O/c1-16(2)15-24-19-12-7-6-11-18(19)23-20(24)13-8-14-22-21(25)17-9-4-3-5-10-17/h6-7,11-12,17H,1,3-5,8-10,13-15H2,2H3,(H,22,25). The first-order valence-electron chi connectivity index (χ1n) is 9.51. The molecule has 0 radical (unpaired) electrons. The maximum Gasteiger partial charge on any atom is 0.223 e. The lowest BCUT2D eigenvalue weighted by Crippen LogP contribution is -2.32. The van der Waals surface area contributed by atoms with Crippen molar-refractivity contribution in [2.24, 2.45) is 5.92 Å². The van der Waals surface area contributed by atoms with E-state index in [0.717, 1.165) is 61.2 Å². The van der Waals surface area contributed by atoms with E-state index in [0.29, 0.717) is 0 Å². The van der Waals surface area contributed by atoms with Gasteiger partial charge in [0.05, 0.1) is 11.0 Å². The number of aromatic nitrogens is 2. The molecule has 134 valence electrons. The van der Waals surface area contributed by atoms with E-state index in [4.69, 9.17) is 4.98 Å². The van der Waals surface area contributed by atoms with Gasteiger partial charge >= 0.3 is 0 Å². The summed E-state index contributed by atoms with van der Waals surface area (Å²) in [4.78, 5) is 17.0. The van der Waals surface area contributed by atoms with Gasteiger partial charge in [0.2, 0.25) is 5.91 Å². The summed E-state index contributed by atoms with van der Waals surface area (Å²) in [7, 11) is 0. The highest BCUT2D eigenvalue weighted by Crippen LogP contribution is 2.23. The first-order chi connectivity index (χ1) is 12.1. The molecule has 1 aromatic heterocycles. The summed E-state index contributed by atoms with van der Waals surface area (Å²) < 4.78 is 2.25. The highest BCUT2D eigenvalue weighted by molar-refractivity contribution is 5.78. The fourth-order valence-corrected chi connectivity index (χ4v) is 3.73. The number of hydrogen-bond donors (Lipinski definition) is 1. The van der Waals surface area contributed by atoms with Gasteiger partial charge in [0, 0.05) is 25.4 Å². The van der Waals surface area contributed by atoms with Crippen LogP contribution < -0.4 is 5.32 Å². The number of imidazole rings is 1. The molecule has 0 spiro atoms. The minimum Gasteiger partial charge on any atom is -0.356 e. The molecule has 0 atom stereocenters. The number of aryl methyl sites for hydroxylation is 1. The Bertz CT molecular complexity index is 741. The van der Waals surface area contributed by atoms with E-state index in [1.165, 1.54) is 19.3 Å². The maximum atomic E-state index is 12.2. The van der Waals surface area contributed by atoms with Gasteiger partial charge in [0.25, 0.3) is 0 Å². The molecule has 4 nitrogen and oxygen atoms in total. The summed E-state index contributed by atoms with van der Waals surface area (Å²) in [6, 6.07) is 8.24. The van der Waals surface area contributed by atoms with Crippen LogP contribution in [-0.2, 0) is 17.8 Å². The number of allylic oxidation sites excluding steroid dienone is 1. The van der Waals surface area contributed by atoms with Crippen molar-refractivity contribution >= 4 is 16.9 Å². The third-order valence-corrected chi connectivity index (χ3v) is 5.01. The lowest BCUT2D eigenvalue weighted by Gasteiger charge is -2.20. The van der Waals surface area contributed by atoms with Gasteiger partial charge in [0.1, 0.15) is 5.82 Å². The molecule has 1 saturated carbocycles. The van der Waals surface area contributed by atoms with Gasteiger partial charge in [-0.15, -0.1) is 0 Å². The Hall–Kier alpha value is -2.10. The van der Waals surface area contributed by atoms with Crippen LogP contribution in [0.2, 0.25) is 0 Å². The van der Waals surface area contributed by atoms with Crippen LogP contribution in [0.15, 0.2) is 36.4 Å². The van der Waals surface area contributed by atoms with Crippen LogP contribution in [0, 0.1) is 5.92 Å². The largest absolute Gasteiger partial charge is 0.356 e. The van der Waals surface area contributed by atoms with Gasteiger partial charge in [-0.3, -0.25) is 4.79 Å². The minimum atomic E-state index is 0.238. The van der Waals surface area contributed by atoms with Crippen LogP contribution in [0.5, 0.6) is 0 Å². The zero-order chi connectivity index (χ0) is 17.6. The van der Waals surface area contributed by atoms with E-state index in [9.17, 15) is 4.79 Å². The van der Waals surface area contributed by atoms with Crippen molar-refractivity contribution in [1.82, 2.24) is 14.9 Å². The molecule has 3 rings (SSSR count). The number of carbonyl (C=O) groups is 1. The molecule has 0 saturated heterocycles. The molecule has 2 aromatic rings. The van der Waals surface area contributed by atoms with Crippen molar-refractivity contribution in [2.75, 3.05) is 6.54 Å². The summed E-state index contributed by atoms with van der Waals surface area (Å²) in [5.74, 6) is 1.56. The van der Waals surface area contributed by atoms with Crippen molar-refractivity contribution in [3.05, 3.63) is 42.2 Å². The Morgan fingerprint density at radius 1 is 1.28 bits per heavy atom. The molecule has 1 amide bonds. The van der Waals surface area contributed by atoms with Crippen molar-refractivity contribution in [3.8, 4) is 0 Å². The molecule has 25 heavy (non-hydrogen) atoms. The van der Waals surface area contributed by atoms with E-state index in [-0.39, 0.29) is 11.8 Å². The van der Waals surface area contributed by atoms with Crippen molar-refractivity contribution in [1.29, 1.82) is 0 Å². The fourth-order valence-electron chi connectivity index (χ4n) is 3.73. The number of hydrogen-bond acceptors (Lipinski definition) is 2. The first-order valence-corrected chi connectivity index (χ1v) is 9.51. The highest BCUT2D eigenvalue weighted by Gasteiger charge is 2.20. The molecule has 1 aliphatic rings. The lowest BCUT2D eigenvalue weighted by molar-refractivity contribution is -0.125. The van der Waals surface area contributed by atoms with Gasteiger partial charge in [-0.05, 0) is 38.3 Å². The molecule has 1 aliphatic carbocycles. The van der Waals surface area contributed by atoms with Crippen LogP contribution in [0.25, 0.3) is 11.0 Å². The van der Waals surface area contributed by atoms with Crippen molar-refractivity contribution in [3.63, 3.8) is 0 Å². The second-order valence-corrected chi connectivity index (χ2v) is 7.29. The normalized spacial score (nSPS) is 15.4. The van der Waals surface area contributed by atoms with Crippen LogP contribution in [0.1, 0.15) is 51.3 Å². The second kappa shape index (κ2) is 8.32. The number of benzene rings is 1. The Morgan fingerprint density at radius 3 is 2.80 bits per heavy atom.